The molecule has 1 aromatic heterocycles. The molecule has 7 nitrogen and oxygen atoms in total. The Morgan fingerprint density at radius 2 is 1.69 bits per heavy atom. The molecule has 0 atom stereocenters. The zero-order chi connectivity index (χ0) is 25.7. The van der Waals surface area contributed by atoms with Gasteiger partial charge in [-0.1, -0.05) is 65.1 Å². The van der Waals surface area contributed by atoms with Crippen molar-refractivity contribution in [2.75, 3.05) is 6.54 Å². The molecule has 2 N–H and O–H groups in total. The molecule has 182 valence electrons. The van der Waals surface area contributed by atoms with E-state index in [9.17, 15) is 14.4 Å². The SMILES string of the molecule is O=C(CNC(=O)c1ccc(Cl)c(Cl)c1)NN=Cc1ccccc1OC(=O)c1sc2ccccc2c1Cl. The number of hydrogen-bond donors (Lipinski definition) is 2. The summed E-state index contributed by atoms with van der Waals surface area (Å²) in [6.07, 6.45) is 1.33. The van der Waals surface area contributed by atoms with E-state index in [-0.39, 0.29) is 27.8 Å². The Kier molecular flexibility index (Phi) is 8.22. The maximum atomic E-state index is 12.8. The van der Waals surface area contributed by atoms with Crippen LogP contribution in [0.5, 0.6) is 5.75 Å². The summed E-state index contributed by atoms with van der Waals surface area (Å²) < 4.78 is 6.42. The number of ether oxygens (including phenoxy) is 1. The molecule has 11 heteroatoms. The van der Waals surface area contributed by atoms with E-state index >= 15 is 0 Å². The number of para-hydroxylation sites is 1. The molecule has 4 rings (SSSR count). The van der Waals surface area contributed by atoms with Gasteiger partial charge in [0.1, 0.15) is 10.6 Å². The highest BCUT2D eigenvalue weighted by atomic mass is 35.5. The van der Waals surface area contributed by atoms with E-state index in [0.717, 1.165) is 10.1 Å². The summed E-state index contributed by atoms with van der Waals surface area (Å²) in [7, 11) is 0. The number of esters is 1. The van der Waals surface area contributed by atoms with Crippen LogP contribution in [0.1, 0.15) is 25.6 Å². The fraction of sp³-hybridized carbons (Fsp3) is 0.0400. The van der Waals surface area contributed by atoms with Crippen molar-refractivity contribution in [3.63, 3.8) is 0 Å². The van der Waals surface area contributed by atoms with Gasteiger partial charge < -0.3 is 10.1 Å². The first-order valence-corrected chi connectivity index (χ1v) is 12.3. The molecule has 0 fully saturated rings. The summed E-state index contributed by atoms with van der Waals surface area (Å²) in [5.41, 5.74) is 3.01. The first-order chi connectivity index (χ1) is 17.3. The lowest BCUT2D eigenvalue weighted by Crippen LogP contribution is -2.34. The Bertz CT molecular complexity index is 1500. The Hall–Kier alpha value is -3.43. The second-order valence-electron chi connectivity index (χ2n) is 7.27. The van der Waals surface area contributed by atoms with Crippen LogP contribution in [-0.2, 0) is 4.79 Å². The van der Waals surface area contributed by atoms with Gasteiger partial charge in [-0.05, 0) is 36.4 Å². The number of benzene rings is 3. The number of rotatable bonds is 7. The van der Waals surface area contributed by atoms with Crippen molar-refractivity contribution >= 4 is 80.2 Å². The lowest BCUT2D eigenvalue weighted by atomic mass is 10.2. The molecule has 2 amide bonds. The van der Waals surface area contributed by atoms with Crippen molar-refractivity contribution in [3.05, 3.63) is 97.8 Å². The number of carbonyl (C=O) groups is 3. The van der Waals surface area contributed by atoms with Gasteiger partial charge >= 0.3 is 5.97 Å². The summed E-state index contributed by atoms with van der Waals surface area (Å²) in [4.78, 5) is 37.3. The number of fused-ring (bicyclic) bond motifs is 1. The zero-order valence-electron chi connectivity index (χ0n) is 18.3. The van der Waals surface area contributed by atoms with Gasteiger partial charge in [-0.15, -0.1) is 11.3 Å². The van der Waals surface area contributed by atoms with Crippen molar-refractivity contribution in [2.24, 2.45) is 5.10 Å². The van der Waals surface area contributed by atoms with E-state index in [2.05, 4.69) is 15.8 Å². The lowest BCUT2D eigenvalue weighted by Gasteiger charge is -2.07. The van der Waals surface area contributed by atoms with E-state index in [0.29, 0.717) is 15.6 Å². The van der Waals surface area contributed by atoms with Crippen LogP contribution in [0, 0.1) is 0 Å². The Balaban J connectivity index is 1.36. The quantitative estimate of drug-likeness (QED) is 0.126. The van der Waals surface area contributed by atoms with E-state index in [1.165, 1.54) is 35.8 Å². The van der Waals surface area contributed by atoms with Gasteiger partial charge in [0.05, 0.1) is 27.8 Å². The number of nitrogens with zero attached hydrogens (tertiary/aromatic N) is 1. The van der Waals surface area contributed by atoms with Crippen molar-refractivity contribution in [1.82, 2.24) is 10.7 Å². The van der Waals surface area contributed by atoms with E-state index < -0.39 is 17.8 Å². The van der Waals surface area contributed by atoms with Crippen LogP contribution >= 0.6 is 46.1 Å². The third-order valence-electron chi connectivity index (χ3n) is 4.83. The highest BCUT2D eigenvalue weighted by Gasteiger charge is 2.19. The van der Waals surface area contributed by atoms with Crippen LogP contribution in [0.4, 0.5) is 0 Å². The molecule has 0 spiro atoms. The van der Waals surface area contributed by atoms with Crippen LogP contribution < -0.4 is 15.5 Å². The largest absolute Gasteiger partial charge is 0.422 e. The number of hydrogen-bond acceptors (Lipinski definition) is 6. The molecule has 3 aromatic carbocycles. The number of carbonyl (C=O) groups excluding carboxylic acids is 3. The van der Waals surface area contributed by atoms with Gasteiger partial charge in [-0.2, -0.15) is 5.10 Å². The molecule has 0 bridgehead atoms. The standard InChI is InChI=1S/C25H16Cl3N3O4S/c26-17-10-9-14(11-18(17)27)24(33)29-13-21(32)31-30-12-15-5-1-3-7-19(15)35-25(34)23-22(28)16-6-2-4-8-20(16)36-23/h1-12H,13H2,(H,29,33)(H,31,32). The summed E-state index contributed by atoms with van der Waals surface area (Å²) in [6.45, 7) is -0.322. The minimum Gasteiger partial charge on any atom is -0.422 e. The predicted molar refractivity (Wildman–Crippen MR) is 143 cm³/mol. The monoisotopic (exact) mass is 559 g/mol. The van der Waals surface area contributed by atoms with Crippen molar-refractivity contribution < 1.29 is 19.1 Å². The average Bonchev–Trinajstić information content (AvgIpc) is 3.22. The highest BCUT2D eigenvalue weighted by molar-refractivity contribution is 7.21. The molecular formula is C25H16Cl3N3O4S. The van der Waals surface area contributed by atoms with E-state index in [1.54, 1.807) is 24.3 Å². The molecule has 0 unspecified atom stereocenters. The fourth-order valence-corrected chi connectivity index (χ4v) is 4.77. The smallest absolute Gasteiger partial charge is 0.355 e. The fourth-order valence-electron chi connectivity index (χ4n) is 3.08. The lowest BCUT2D eigenvalue weighted by molar-refractivity contribution is -0.120. The van der Waals surface area contributed by atoms with Gasteiger partial charge in [0.15, 0.2) is 0 Å². The number of nitrogens with one attached hydrogen (secondary N) is 2. The Morgan fingerprint density at radius 3 is 2.47 bits per heavy atom. The summed E-state index contributed by atoms with van der Waals surface area (Å²) in [5, 5.41) is 8.00. The van der Waals surface area contributed by atoms with Gasteiger partial charge in [-0.3, -0.25) is 9.59 Å². The third kappa shape index (κ3) is 6.03. The van der Waals surface area contributed by atoms with Crippen molar-refractivity contribution in [3.8, 4) is 5.75 Å². The predicted octanol–water partition coefficient (Wildman–Crippen LogP) is 5.96. The topological polar surface area (TPSA) is 96.9 Å². The van der Waals surface area contributed by atoms with Crippen LogP contribution in [0.2, 0.25) is 15.1 Å². The summed E-state index contributed by atoms with van der Waals surface area (Å²) in [6, 6.07) is 18.5. The van der Waals surface area contributed by atoms with Gasteiger partial charge in [0.25, 0.3) is 11.8 Å². The van der Waals surface area contributed by atoms with Crippen LogP contribution in [0.15, 0.2) is 71.8 Å². The maximum Gasteiger partial charge on any atom is 0.355 e. The van der Waals surface area contributed by atoms with Gasteiger partial charge in [0, 0.05) is 21.2 Å². The first-order valence-electron chi connectivity index (χ1n) is 10.4. The molecule has 0 aliphatic rings. The molecule has 1 heterocycles. The number of halogens is 3. The van der Waals surface area contributed by atoms with Gasteiger partial charge in [0.2, 0.25) is 0 Å². The Morgan fingerprint density at radius 1 is 0.944 bits per heavy atom. The Labute approximate surface area is 224 Å². The minimum absolute atomic E-state index is 0.229. The molecule has 0 saturated carbocycles. The van der Waals surface area contributed by atoms with Crippen molar-refractivity contribution in [1.29, 1.82) is 0 Å². The van der Waals surface area contributed by atoms with Crippen LogP contribution in [0.3, 0.4) is 0 Å². The molecule has 4 aromatic rings. The second kappa shape index (κ2) is 11.5. The second-order valence-corrected chi connectivity index (χ2v) is 9.52. The number of amides is 2. The molecule has 0 radical (unpaired) electrons. The number of thiophene rings is 1. The van der Waals surface area contributed by atoms with E-state index in [4.69, 9.17) is 39.5 Å². The normalized spacial score (nSPS) is 11.0. The first kappa shape index (κ1) is 25.7. The summed E-state index contributed by atoms with van der Waals surface area (Å²) >= 11 is 19.4. The van der Waals surface area contributed by atoms with Crippen LogP contribution in [0.25, 0.3) is 10.1 Å². The average molecular weight is 561 g/mol. The summed E-state index contributed by atoms with van der Waals surface area (Å²) in [5.74, 6) is -1.42. The van der Waals surface area contributed by atoms with Crippen LogP contribution in [-0.4, -0.2) is 30.5 Å². The molecule has 36 heavy (non-hydrogen) atoms. The van der Waals surface area contributed by atoms with Crippen molar-refractivity contribution in [2.45, 2.75) is 0 Å². The minimum atomic E-state index is -0.601. The molecule has 0 aliphatic heterocycles. The zero-order valence-corrected chi connectivity index (χ0v) is 21.3. The molecule has 0 aliphatic carbocycles. The van der Waals surface area contributed by atoms with E-state index in [1.807, 2.05) is 24.3 Å². The molecule has 0 saturated heterocycles. The van der Waals surface area contributed by atoms with Gasteiger partial charge in [-0.25, -0.2) is 10.2 Å². The molecular weight excluding hydrogens is 545 g/mol. The number of hydrazone groups is 1. The third-order valence-corrected chi connectivity index (χ3v) is 7.22. The maximum absolute atomic E-state index is 12.8. The highest BCUT2D eigenvalue weighted by Crippen LogP contribution is 2.36.